The van der Waals surface area contributed by atoms with Crippen LogP contribution >= 0.6 is 0 Å². The summed E-state index contributed by atoms with van der Waals surface area (Å²) >= 11 is 0. The maximum absolute atomic E-state index is 7.42. The zero-order valence-electron chi connectivity index (χ0n) is 8.57. The zero-order valence-corrected chi connectivity index (χ0v) is 4.57. The molecule has 0 fully saturated rings. The molecule has 42 valence electrons. The molecule has 0 saturated heterocycles. The van der Waals surface area contributed by atoms with E-state index in [-0.39, 0.29) is 25.9 Å². The number of rotatable bonds is 0. The minimum atomic E-state index is 0.0307. The fourth-order valence-corrected chi connectivity index (χ4v) is 0.443. The fraction of sp³-hybridized carbons (Fsp3) is 0.250. The molecular formula is C8H10. The van der Waals surface area contributed by atoms with Gasteiger partial charge in [0.05, 0.1) is 2.74 Å². The quantitative estimate of drug-likeness (QED) is 0.480. The van der Waals surface area contributed by atoms with E-state index in [0.29, 0.717) is 11.1 Å². The first kappa shape index (κ1) is 2.22. The summed E-state index contributed by atoms with van der Waals surface area (Å²) in [6, 6.07) is 3.53. The first-order valence-corrected chi connectivity index (χ1v) is 2.36. The largest absolute Gasteiger partial charge is 0.0626 e. The highest BCUT2D eigenvalue weighted by atomic mass is 13.9. The first-order valence-electron chi connectivity index (χ1n) is 4.78. The van der Waals surface area contributed by atoms with Gasteiger partial charge in [-0.2, -0.15) is 0 Å². The van der Waals surface area contributed by atoms with E-state index in [0.717, 1.165) is 0 Å². The summed E-state index contributed by atoms with van der Waals surface area (Å²) in [4.78, 5) is 0. The summed E-state index contributed by atoms with van der Waals surface area (Å²) in [6.45, 7) is 0.0615. The van der Waals surface area contributed by atoms with Gasteiger partial charge in [-0.25, -0.2) is 0 Å². The summed E-state index contributed by atoms with van der Waals surface area (Å²) in [6.07, 6.45) is 0. The van der Waals surface area contributed by atoms with Gasteiger partial charge in [0.1, 0.15) is 0 Å². The summed E-state index contributed by atoms with van der Waals surface area (Å²) in [5, 5.41) is 0. The standard InChI is InChI=1S/C8H10/c1-7-3-5-8(2)6-4-7/h3-6H,1-2H3/i1D,2D,3D,6D. The monoisotopic (exact) mass is 110 g/mol. The van der Waals surface area contributed by atoms with Gasteiger partial charge in [-0.3, -0.25) is 0 Å². The topological polar surface area (TPSA) is 0 Å². The Morgan fingerprint density at radius 2 is 1.75 bits per heavy atom. The van der Waals surface area contributed by atoms with Gasteiger partial charge in [-0.05, 0) is 13.8 Å². The van der Waals surface area contributed by atoms with Crippen LogP contribution in [0.15, 0.2) is 24.2 Å². The van der Waals surface area contributed by atoms with E-state index < -0.39 is 0 Å². The van der Waals surface area contributed by atoms with Crippen LogP contribution in [0.1, 0.15) is 16.6 Å². The molecule has 0 heterocycles. The molecule has 0 N–H and O–H groups in total. The smallest absolute Gasteiger partial charge is 0.0591 e. The van der Waals surface area contributed by atoms with E-state index >= 15 is 0 Å². The van der Waals surface area contributed by atoms with Crippen LogP contribution in [-0.4, -0.2) is 0 Å². The van der Waals surface area contributed by atoms with E-state index in [2.05, 4.69) is 0 Å². The van der Waals surface area contributed by atoms with Crippen molar-refractivity contribution in [2.75, 3.05) is 0 Å². The summed E-state index contributed by atoms with van der Waals surface area (Å²) in [5.41, 5.74) is 1.11. The van der Waals surface area contributed by atoms with Crippen LogP contribution in [0.5, 0.6) is 0 Å². The molecule has 1 aromatic carbocycles. The van der Waals surface area contributed by atoms with Crippen molar-refractivity contribution in [3.8, 4) is 0 Å². The van der Waals surface area contributed by atoms with E-state index in [1.165, 1.54) is 12.1 Å². The number of hydrogen-bond donors (Lipinski definition) is 0. The molecule has 0 amide bonds. The average molecular weight is 110 g/mol. The highest BCUT2D eigenvalue weighted by molar-refractivity contribution is 5.19. The second-order valence-electron chi connectivity index (χ2n) is 1.63. The van der Waals surface area contributed by atoms with Gasteiger partial charge in [0.25, 0.3) is 0 Å². The number of hydrogen-bond acceptors (Lipinski definition) is 0. The van der Waals surface area contributed by atoms with Gasteiger partial charge in [0.15, 0.2) is 0 Å². The minimum Gasteiger partial charge on any atom is -0.0591 e. The molecule has 0 aliphatic carbocycles. The van der Waals surface area contributed by atoms with Gasteiger partial charge in [-0.15, -0.1) is 0 Å². The molecule has 8 heavy (non-hydrogen) atoms. The third kappa shape index (κ3) is 1.09. The summed E-state index contributed by atoms with van der Waals surface area (Å²) < 4.78 is 29.0. The molecular weight excluding hydrogens is 96.1 g/mol. The van der Waals surface area contributed by atoms with Gasteiger partial charge < -0.3 is 0 Å². The van der Waals surface area contributed by atoms with Crippen molar-refractivity contribution >= 4 is 0 Å². The molecule has 0 heteroatoms. The van der Waals surface area contributed by atoms with E-state index in [1.54, 1.807) is 0 Å². The molecule has 1 aromatic rings. The lowest BCUT2D eigenvalue weighted by Crippen LogP contribution is -1.70. The second-order valence-corrected chi connectivity index (χ2v) is 1.63. The predicted molar refractivity (Wildman–Crippen MR) is 35.9 cm³/mol. The van der Waals surface area contributed by atoms with Crippen LogP contribution in [0.3, 0.4) is 0 Å². The molecule has 1 rings (SSSR count). The number of benzene rings is 1. The summed E-state index contributed by atoms with van der Waals surface area (Å²) in [5.74, 6) is 0. The molecule has 0 aromatic heterocycles. The third-order valence-electron chi connectivity index (χ3n) is 0.864. The lowest BCUT2D eigenvalue weighted by Gasteiger charge is -1.90. The first-order chi connectivity index (χ1) is 5.69. The molecule has 0 radical (unpaired) electrons. The fourth-order valence-electron chi connectivity index (χ4n) is 0.443. The molecule has 0 aliphatic heterocycles. The average Bonchev–Trinajstić information content (AvgIpc) is 2.08. The van der Waals surface area contributed by atoms with Crippen molar-refractivity contribution in [2.45, 2.75) is 13.8 Å². The van der Waals surface area contributed by atoms with Gasteiger partial charge in [0, 0.05) is 2.74 Å². The van der Waals surface area contributed by atoms with Gasteiger partial charge >= 0.3 is 0 Å². The number of aryl methyl sites for hydroxylation is 2. The normalized spacial score (nSPS) is 16.0. The maximum Gasteiger partial charge on any atom is 0.0626 e. The van der Waals surface area contributed by atoms with Crippen LogP contribution in [0.2, 0.25) is 0 Å². The van der Waals surface area contributed by atoms with E-state index in [4.69, 9.17) is 5.48 Å². The van der Waals surface area contributed by atoms with Crippen molar-refractivity contribution in [3.05, 3.63) is 35.3 Å². The Kier molecular flexibility index (Phi) is 0.553. The Morgan fingerprint density at radius 1 is 1.25 bits per heavy atom. The molecule has 0 aliphatic rings. The van der Waals surface area contributed by atoms with Crippen molar-refractivity contribution in [1.82, 2.24) is 0 Å². The predicted octanol–water partition coefficient (Wildman–Crippen LogP) is 2.30. The molecule has 0 saturated carbocycles. The van der Waals surface area contributed by atoms with Crippen molar-refractivity contribution < 1.29 is 5.48 Å². The Balaban J connectivity index is 3.16. The van der Waals surface area contributed by atoms with Crippen LogP contribution in [-0.2, 0) is 0 Å². The van der Waals surface area contributed by atoms with E-state index in [1.807, 2.05) is 0 Å². The lowest BCUT2D eigenvalue weighted by molar-refractivity contribution is 1.40. The van der Waals surface area contributed by atoms with Crippen LogP contribution < -0.4 is 0 Å². The molecule has 0 unspecified atom stereocenters. The molecule has 0 atom stereocenters. The summed E-state index contributed by atoms with van der Waals surface area (Å²) in [7, 11) is 0. The Bertz CT molecular complexity index is 253. The molecule has 0 spiro atoms. The second kappa shape index (κ2) is 1.99. The van der Waals surface area contributed by atoms with E-state index in [9.17, 15) is 0 Å². The Labute approximate surface area is 55.8 Å². The van der Waals surface area contributed by atoms with Gasteiger partial charge in [-0.1, -0.05) is 35.3 Å². The van der Waals surface area contributed by atoms with Crippen molar-refractivity contribution in [3.63, 3.8) is 0 Å². The Morgan fingerprint density at radius 3 is 2.12 bits per heavy atom. The zero-order chi connectivity index (χ0) is 9.14. The SMILES string of the molecule is [2H]Cc1cc([2H])c(C[2H])cc1[2H]. The van der Waals surface area contributed by atoms with Crippen LogP contribution in [0.4, 0.5) is 0 Å². The highest BCUT2D eigenvalue weighted by Gasteiger charge is 1.79. The van der Waals surface area contributed by atoms with Gasteiger partial charge in [0.2, 0.25) is 0 Å². The van der Waals surface area contributed by atoms with Crippen LogP contribution in [0, 0.1) is 13.8 Å². The third-order valence-corrected chi connectivity index (χ3v) is 0.864. The lowest BCUT2D eigenvalue weighted by atomic mass is 10.2. The van der Waals surface area contributed by atoms with Crippen LogP contribution in [0.25, 0.3) is 0 Å². The highest BCUT2D eigenvalue weighted by Crippen LogP contribution is 1.99. The molecule has 0 bridgehead atoms. The van der Waals surface area contributed by atoms with Crippen molar-refractivity contribution in [1.29, 1.82) is 0 Å². The van der Waals surface area contributed by atoms with Crippen molar-refractivity contribution in [2.24, 2.45) is 0 Å². The Hall–Kier alpha value is -0.780. The molecule has 0 nitrogen and oxygen atoms in total. The maximum atomic E-state index is 7.42. The minimum absolute atomic E-state index is 0.0307.